The Hall–Kier alpha value is -0.990. The van der Waals surface area contributed by atoms with Crippen LogP contribution in [-0.4, -0.2) is 22.7 Å². The molecule has 0 radical (unpaired) electrons. The maximum absolute atomic E-state index is 12.0. The average Bonchev–Trinajstić information content (AvgIpc) is 2.33. The molecule has 0 bridgehead atoms. The summed E-state index contributed by atoms with van der Waals surface area (Å²) in [6.07, 6.45) is 2.60. The summed E-state index contributed by atoms with van der Waals surface area (Å²) < 4.78 is 0. The maximum Gasteiger partial charge on any atom is 0.245 e. The third-order valence-corrected chi connectivity index (χ3v) is 3.72. The molecule has 1 aromatic carbocycles. The van der Waals surface area contributed by atoms with Gasteiger partial charge in [-0.1, -0.05) is 23.7 Å². The fourth-order valence-corrected chi connectivity index (χ4v) is 2.64. The molecule has 1 atom stereocenters. The molecule has 0 aromatic heterocycles. The molecule has 2 rings (SSSR count). The lowest BCUT2D eigenvalue weighted by atomic mass is 10.00. The van der Waals surface area contributed by atoms with Gasteiger partial charge in [0.25, 0.3) is 0 Å². The molecule has 1 aromatic rings. The minimum Gasteiger partial charge on any atom is -0.311 e. The second-order valence-electron chi connectivity index (χ2n) is 4.33. The largest absolute Gasteiger partial charge is 0.311 e. The molecule has 0 spiro atoms. The van der Waals surface area contributed by atoms with Crippen LogP contribution in [0.5, 0.6) is 0 Å². The summed E-state index contributed by atoms with van der Waals surface area (Å²) in [5.41, 5.74) is 3.04. The van der Waals surface area contributed by atoms with Gasteiger partial charge in [0.05, 0.1) is 0 Å². The Balaban J connectivity index is 2.45. The Morgan fingerprint density at radius 3 is 2.78 bits per heavy atom. The van der Waals surface area contributed by atoms with Crippen molar-refractivity contribution < 1.29 is 4.79 Å². The highest BCUT2D eigenvalue weighted by Crippen LogP contribution is 2.30. The molecule has 0 N–H and O–H groups in total. The first kappa shape index (κ1) is 13.4. The second kappa shape index (κ2) is 5.33. The van der Waals surface area contributed by atoms with E-state index in [4.69, 9.17) is 23.2 Å². The molecule has 1 aliphatic rings. The van der Waals surface area contributed by atoms with Crippen LogP contribution in [0.2, 0.25) is 5.02 Å². The van der Waals surface area contributed by atoms with E-state index in [1.165, 1.54) is 0 Å². The van der Waals surface area contributed by atoms with Crippen LogP contribution < -0.4 is 0 Å². The fourth-order valence-electron chi connectivity index (χ4n) is 2.21. The van der Waals surface area contributed by atoms with E-state index in [0.717, 1.165) is 16.8 Å². The number of amides is 1. The summed E-state index contributed by atoms with van der Waals surface area (Å²) in [5.74, 6) is -0.0222. The zero-order valence-electron chi connectivity index (χ0n) is 10.4. The fraction of sp³-hybridized carbons (Fsp3) is 0.357. The molecular weight excluding hydrogens is 269 g/mol. The highest BCUT2D eigenvalue weighted by Gasteiger charge is 2.28. The summed E-state index contributed by atoms with van der Waals surface area (Å²) in [5, 5.41) is 0.263. The molecule has 2 nitrogen and oxygen atoms in total. The molecule has 0 aliphatic carbocycles. The van der Waals surface area contributed by atoms with Gasteiger partial charge in [0.2, 0.25) is 5.91 Å². The van der Waals surface area contributed by atoms with Gasteiger partial charge in [-0.3, -0.25) is 4.79 Å². The number of rotatable bonds is 2. The molecule has 1 amide bonds. The number of aryl methyl sites for hydroxylation is 1. The lowest BCUT2D eigenvalue weighted by Gasteiger charge is -2.31. The van der Waals surface area contributed by atoms with Crippen LogP contribution in [0.4, 0.5) is 0 Å². The van der Waals surface area contributed by atoms with Gasteiger partial charge < -0.3 is 4.90 Å². The van der Waals surface area contributed by atoms with Crippen molar-refractivity contribution in [2.45, 2.75) is 25.6 Å². The van der Waals surface area contributed by atoms with Gasteiger partial charge in [0.15, 0.2) is 0 Å². The topological polar surface area (TPSA) is 20.3 Å². The predicted octanol–water partition coefficient (Wildman–Crippen LogP) is 3.85. The first-order valence-electron chi connectivity index (χ1n) is 5.96. The van der Waals surface area contributed by atoms with E-state index in [0.29, 0.717) is 18.0 Å². The van der Waals surface area contributed by atoms with Gasteiger partial charge in [-0.25, -0.2) is 0 Å². The molecule has 18 heavy (non-hydrogen) atoms. The molecule has 1 heterocycles. The second-order valence-corrected chi connectivity index (χ2v) is 5.30. The van der Waals surface area contributed by atoms with E-state index in [2.05, 4.69) is 0 Å². The van der Waals surface area contributed by atoms with E-state index in [1.54, 1.807) is 4.90 Å². The molecule has 0 saturated heterocycles. The van der Waals surface area contributed by atoms with Crippen molar-refractivity contribution in [2.24, 2.45) is 0 Å². The lowest BCUT2D eigenvalue weighted by Crippen LogP contribution is -2.38. The number of carbonyl (C=O) groups excluding carboxylic acids is 1. The van der Waals surface area contributed by atoms with Crippen molar-refractivity contribution in [3.05, 3.63) is 40.4 Å². The van der Waals surface area contributed by atoms with Crippen molar-refractivity contribution in [3.63, 3.8) is 0 Å². The van der Waals surface area contributed by atoms with E-state index >= 15 is 0 Å². The Bertz CT molecular complexity index is 511. The van der Waals surface area contributed by atoms with Gasteiger partial charge in [0.1, 0.15) is 5.38 Å². The molecule has 0 saturated carbocycles. The number of alkyl halides is 1. The first-order valence-corrected chi connectivity index (χ1v) is 6.78. The van der Waals surface area contributed by atoms with E-state index in [1.807, 2.05) is 38.1 Å². The molecule has 1 aliphatic heterocycles. The Labute approximate surface area is 117 Å². The summed E-state index contributed by atoms with van der Waals surface area (Å²) in [6, 6.07) is 5.70. The molecule has 4 heteroatoms. The molecule has 0 fully saturated rings. The lowest BCUT2D eigenvalue weighted by molar-refractivity contribution is -0.127. The normalized spacial score (nSPS) is 20.0. The van der Waals surface area contributed by atoms with Crippen molar-refractivity contribution >= 4 is 34.8 Å². The summed E-state index contributed by atoms with van der Waals surface area (Å²) >= 11 is 12.0. The number of hydrogen-bond acceptors (Lipinski definition) is 1. The number of hydrogen-bond donors (Lipinski definition) is 0. The Morgan fingerprint density at radius 1 is 1.44 bits per heavy atom. The Morgan fingerprint density at radius 2 is 2.17 bits per heavy atom. The summed E-state index contributed by atoms with van der Waals surface area (Å²) in [7, 11) is 0. The van der Waals surface area contributed by atoms with Crippen LogP contribution in [0.15, 0.2) is 24.3 Å². The zero-order chi connectivity index (χ0) is 13.3. The maximum atomic E-state index is 12.0. The highest BCUT2D eigenvalue weighted by molar-refractivity contribution is 6.32. The number of nitrogens with zero attached hydrogens (tertiary/aromatic N) is 1. The van der Waals surface area contributed by atoms with Gasteiger partial charge in [-0.05, 0) is 38.0 Å². The van der Waals surface area contributed by atoms with Crippen LogP contribution in [0.3, 0.4) is 0 Å². The smallest absolute Gasteiger partial charge is 0.245 e. The average molecular weight is 284 g/mol. The van der Waals surface area contributed by atoms with Crippen LogP contribution in [-0.2, 0) is 4.79 Å². The minimum absolute atomic E-state index is 0.0222. The third kappa shape index (κ3) is 2.40. The molecule has 1 unspecified atom stereocenters. The summed E-state index contributed by atoms with van der Waals surface area (Å²) in [6.45, 7) is 4.56. The van der Waals surface area contributed by atoms with Gasteiger partial charge >= 0.3 is 0 Å². The van der Waals surface area contributed by atoms with Crippen molar-refractivity contribution in [2.75, 3.05) is 6.54 Å². The number of carbonyl (C=O) groups is 1. The Kier molecular flexibility index (Phi) is 3.98. The number of allylic oxidation sites excluding steroid dienone is 1. The monoisotopic (exact) mass is 283 g/mol. The van der Waals surface area contributed by atoms with Crippen molar-refractivity contribution in [1.82, 2.24) is 4.90 Å². The summed E-state index contributed by atoms with van der Waals surface area (Å²) in [4.78, 5) is 13.8. The first-order chi connectivity index (χ1) is 8.54. The van der Waals surface area contributed by atoms with Crippen molar-refractivity contribution in [3.8, 4) is 0 Å². The quantitative estimate of drug-likeness (QED) is 0.755. The van der Waals surface area contributed by atoms with E-state index in [-0.39, 0.29) is 5.91 Å². The molecular formula is C14H15Cl2NO. The van der Waals surface area contributed by atoms with Crippen LogP contribution >= 0.6 is 23.2 Å². The standard InChI is InChI=1S/C14H15Cl2NO/c1-3-17-13(7-6-12(16)14(17)18)11-5-4-10(15)8-9(11)2/h4-5,7-8,12H,3,6H2,1-2H3. The molecule has 96 valence electrons. The van der Waals surface area contributed by atoms with Gasteiger partial charge in [0, 0.05) is 22.8 Å². The number of halogens is 2. The SMILES string of the molecule is CCN1C(=O)C(Cl)CC=C1c1ccc(Cl)cc1C. The highest BCUT2D eigenvalue weighted by atomic mass is 35.5. The zero-order valence-corrected chi connectivity index (χ0v) is 11.9. The van der Waals surface area contributed by atoms with Crippen molar-refractivity contribution in [1.29, 1.82) is 0 Å². The van der Waals surface area contributed by atoms with Gasteiger partial charge in [-0.2, -0.15) is 0 Å². The van der Waals surface area contributed by atoms with Crippen LogP contribution in [0.1, 0.15) is 24.5 Å². The third-order valence-electron chi connectivity index (χ3n) is 3.12. The van der Waals surface area contributed by atoms with E-state index in [9.17, 15) is 4.79 Å². The predicted molar refractivity (Wildman–Crippen MR) is 75.8 cm³/mol. The van der Waals surface area contributed by atoms with Crippen LogP contribution in [0.25, 0.3) is 5.70 Å². The van der Waals surface area contributed by atoms with Gasteiger partial charge in [-0.15, -0.1) is 11.6 Å². The van der Waals surface area contributed by atoms with Crippen LogP contribution in [0, 0.1) is 6.92 Å². The number of benzene rings is 1. The minimum atomic E-state index is -0.443. The van der Waals surface area contributed by atoms with E-state index < -0.39 is 5.38 Å².